The van der Waals surface area contributed by atoms with Crippen molar-refractivity contribution in [1.29, 1.82) is 0 Å². The number of nitrogens with one attached hydrogen (secondary N) is 1. The molecule has 0 aliphatic heterocycles. The molecule has 78 valence electrons. The molecule has 0 aromatic heterocycles. The van der Waals surface area contributed by atoms with Crippen LogP contribution in [0.4, 0.5) is 0 Å². The van der Waals surface area contributed by atoms with Gasteiger partial charge >= 0.3 is 5.03 Å². The molecule has 0 atom stereocenters. The van der Waals surface area contributed by atoms with Crippen LogP contribution in [0.1, 0.15) is 5.56 Å². The van der Waals surface area contributed by atoms with Gasteiger partial charge in [0.15, 0.2) is 0 Å². The van der Waals surface area contributed by atoms with E-state index in [1.807, 2.05) is 30.3 Å². The zero-order chi connectivity index (χ0) is 11.1. The number of guanidine groups is 1. The van der Waals surface area contributed by atoms with Gasteiger partial charge in [0, 0.05) is 0 Å². The lowest BCUT2D eigenvalue weighted by Gasteiger charge is -1.89. The predicted molar refractivity (Wildman–Crippen MR) is 54.2 cm³/mol. The second-order valence-electron chi connectivity index (χ2n) is 2.53. The summed E-state index contributed by atoms with van der Waals surface area (Å²) < 4.78 is 0. The van der Waals surface area contributed by atoms with Crippen molar-refractivity contribution < 1.29 is 10.2 Å². The molecule has 0 radical (unpaired) electrons. The van der Waals surface area contributed by atoms with Gasteiger partial charge in [-0.2, -0.15) is 5.10 Å². The summed E-state index contributed by atoms with van der Waals surface area (Å²) in [6.07, 6.45) is 1.46. The van der Waals surface area contributed by atoms with Crippen molar-refractivity contribution in [2.45, 2.75) is 0 Å². The van der Waals surface area contributed by atoms with Crippen LogP contribution in [0.15, 0.2) is 40.5 Å². The lowest BCUT2D eigenvalue weighted by molar-refractivity contribution is -0.822. The molecular weight excluding hydrogens is 198 g/mol. The van der Waals surface area contributed by atoms with Gasteiger partial charge in [0.2, 0.25) is 0 Å². The summed E-state index contributed by atoms with van der Waals surface area (Å²) in [4.78, 5) is 10.0. The Hall–Kier alpha value is -2.44. The summed E-state index contributed by atoms with van der Waals surface area (Å²) in [5.41, 5.74) is 7.78. The van der Waals surface area contributed by atoms with E-state index >= 15 is 0 Å². The van der Waals surface area contributed by atoms with Crippen molar-refractivity contribution in [3.63, 3.8) is 0 Å². The number of hydrogen-bond acceptors (Lipinski definition) is 3. The molecule has 0 saturated heterocycles. The Morgan fingerprint density at radius 2 is 2.13 bits per heavy atom. The molecule has 0 fully saturated rings. The van der Waals surface area contributed by atoms with Crippen molar-refractivity contribution in [3.8, 4) is 0 Å². The fraction of sp³-hybridized carbons (Fsp3) is 0. The standard InChI is InChI=1S/C8H10N5O2/c9-8(12-13(14)15)11-10-6-7-4-2-1-3-5-7/h1-6H,(H,14,15)(H3,9,11,12)/q+1/b10-6+. The highest BCUT2D eigenvalue weighted by atomic mass is 16.7. The van der Waals surface area contributed by atoms with Crippen LogP contribution in [-0.2, 0) is 0 Å². The highest BCUT2D eigenvalue weighted by molar-refractivity contribution is 5.81. The van der Waals surface area contributed by atoms with E-state index in [0.29, 0.717) is 0 Å². The zero-order valence-corrected chi connectivity index (χ0v) is 7.74. The number of benzene rings is 1. The average molecular weight is 208 g/mol. The van der Waals surface area contributed by atoms with E-state index in [-0.39, 0.29) is 5.96 Å². The Bertz CT molecular complexity index is 387. The monoisotopic (exact) mass is 208 g/mol. The number of nitrogens with two attached hydrogens (primary N) is 1. The predicted octanol–water partition coefficient (Wildman–Crippen LogP) is 0.00790. The van der Waals surface area contributed by atoms with Crippen LogP contribution in [-0.4, -0.2) is 22.4 Å². The highest BCUT2D eigenvalue weighted by Crippen LogP contribution is 1.93. The molecule has 0 spiro atoms. The minimum atomic E-state index is -0.559. The van der Waals surface area contributed by atoms with Crippen LogP contribution in [0.3, 0.4) is 0 Å². The molecule has 7 nitrogen and oxygen atoms in total. The third kappa shape index (κ3) is 4.36. The van der Waals surface area contributed by atoms with Gasteiger partial charge in [-0.1, -0.05) is 30.3 Å². The van der Waals surface area contributed by atoms with Gasteiger partial charge in [-0.15, -0.1) is 5.10 Å². The Balaban J connectivity index is 2.56. The molecule has 1 aromatic carbocycles. The van der Waals surface area contributed by atoms with E-state index < -0.39 is 5.03 Å². The van der Waals surface area contributed by atoms with Gasteiger partial charge in [0.05, 0.1) is 6.21 Å². The topological polar surface area (TPSA) is 103 Å². The van der Waals surface area contributed by atoms with Crippen molar-refractivity contribution in [2.75, 3.05) is 0 Å². The van der Waals surface area contributed by atoms with E-state index in [1.165, 1.54) is 6.21 Å². The molecule has 4 N–H and O–H groups in total. The van der Waals surface area contributed by atoms with Crippen molar-refractivity contribution in [2.24, 2.45) is 15.9 Å². The van der Waals surface area contributed by atoms with Gasteiger partial charge in [0.1, 0.15) is 4.91 Å². The van der Waals surface area contributed by atoms with E-state index in [9.17, 15) is 4.91 Å². The van der Waals surface area contributed by atoms with Crippen molar-refractivity contribution in [3.05, 3.63) is 40.8 Å². The molecule has 0 unspecified atom stereocenters. The molecule has 1 aromatic rings. The second kappa shape index (κ2) is 5.32. The van der Waals surface area contributed by atoms with E-state index in [1.54, 1.807) is 5.43 Å². The van der Waals surface area contributed by atoms with Crippen LogP contribution in [0, 0.1) is 4.91 Å². The van der Waals surface area contributed by atoms with E-state index in [0.717, 1.165) is 5.56 Å². The zero-order valence-electron chi connectivity index (χ0n) is 7.74. The average Bonchev–Trinajstić information content (AvgIpc) is 2.18. The number of rotatable bonds is 3. The molecule has 7 heteroatoms. The van der Waals surface area contributed by atoms with Crippen molar-refractivity contribution in [1.82, 2.24) is 5.43 Å². The first-order valence-electron chi connectivity index (χ1n) is 4.03. The summed E-state index contributed by atoms with van der Waals surface area (Å²) in [5, 5.41) is 14.6. The maximum atomic E-state index is 10.0. The molecule has 0 saturated carbocycles. The molecule has 0 amide bonds. The Morgan fingerprint density at radius 1 is 1.47 bits per heavy atom. The van der Waals surface area contributed by atoms with Gasteiger partial charge < -0.3 is 5.73 Å². The van der Waals surface area contributed by atoms with Crippen LogP contribution in [0.2, 0.25) is 0 Å². The fourth-order valence-corrected chi connectivity index (χ4v) is 0.817. The van der Waals surface area contributed by atoms with E-state index in [4.69, 9.17) is 10.9 Å². The fourth-order valence-electron chi connectivity index (χ4n) is 0.817. The smallest absolute Gasteiger partial charge is 0.362 e. The lowest BCUT2D eigenvalue weighted by Crippen LogP contribution is -2.36. The summed E-state index contributed by atoms with van der Waals surface area (Å²) in [6, 6.07) is 9.22. The molecule has 0 aliphatic rings. The molecule has 0 heterocycles. The first kappa shape index (κ1) is 10.6. The summed E-state index contributed by atoms with van der Waals surface area (Å²) in [5.74, 6) is -0.306. The van der Waals surface area contributed by atoms with Crippen molar-refractivity contribution >= 4 is 12.2 Å². The molecule has 0 aliphatic carbocycles. The van der Waals surface area contributed by atoms with Crippen LogP contribution >= 0.6 is 0 Å². The Kier molecular flexibility index (Phi) is 3.78. The second-order valence-corrected chi connectivity index (χ2v) is 2.53. The first-order valence-corrected chi connectivity index (χ1v) is 4.03. The third-order valence-electron chi connectivity index (χ3n) is 1.38. The Morgan fingerprint density at radius 3 is 2.73 bits per heavy atom. The summed E-state index contributed by atoms with van der Waals surface area (Å²) in [6.45, 7) is 0. The van der Waals surface area contributed by atoms with Gasteiger partial charge in [-0.25, -0.2) is 5.21 Å². The summed E-state index contributed by atoms with van der Waals surface area (Å²) >= 11 is 0. The molecule has 1 rings (SSSR count). The normalized spacial score (nSPS) is 11.6. The minimum absolute atomic E-state index is 0.306. The van der Waals surface area contributed by atoms with E-state index in [2.05, 4.69) is 10.2 Å². The minimum Gasteiger partial charge on any atom is -0.364 e. The van der Waals surface area contributed by atoms with Crippen LogP contribution in [0.25, 0.3) is 0 Å². The largest absolute Gasteiger partial charge is 0.364 e. The molecule has 0 bridgehead atoms. The lowest BCUT2D eigenvalue weighted by atomic mass is 10.2. The number of hydrazine groups is 1. The maximum absolute atomic E-state index is 10.0. The first-order chi connectivity index (χ1) is 7.18. The highest BCUT2D eigenvalue weighted by Gasteiger charge is 2.03. The number of hydrogen-bond donors (Lipinski definition) is 3. The SMILES string of the molecule is N/C(=N\N=C\c1ccccc1)N[N+](=O)O. The van der Waals surface area contributed by atoms with Gasteiger partial charge in [-0.3, -0.25) is 0 Å². The Labute approximate surface area is 85.4 Å². The maximum Gasteiger partial charge on any atom is 0.362 e. The summed E-state index contributed by atoms with van der Waals surface area (Å²) in [7, 11) is 0. The quantitative estimate of drug-likeness (QED) is 0.369. The molecule has 15 heavy (non-hydrogen) atoms. The van der Waals surface area contributed by atoms with Crippen LogP contribution in [0.5, 0.6) is 0 Å². The van der Waals surface area contributed by atoms with Gasteiger partial charge in [-0.05, 0) is 11.0 Å². The van der Waals surface area contributed by atoms with Gasteiger partial charge in [0.25, 0.3) is 5.96 Å². The van der Waals surface area contributed by atoms with Crippen LogP contribution < -0.4 is 11.2 Å². The number of nitrogens with zero attached hydrogens (tertiary/aromatic N) is 3. The third-order valence-corrected chi connectivity index (χ3v) is 1.38. The molecular formula is C8H10N5O2+.